The van der Waals surface area contributed by atoms with Crippen LogP contribution in [0.2, 0.25) is 0 Å². The summed E-state index contributed by atoms with van der Waals surface area (Å²) in [5.74, 6) is 0.190. The quantitative estimate of drug-likeness (QED) is 0.841. The molecule has 14 heavy (non-hydrogen) atoms. The van der Waals surface area contributed by atoms with Crippen LogP contribution in [-0.4, -0.2) is 27.0 Å². The van der Waals surface area contributed by atoms with Gasteiger partial charge in [0.05, 0.1) is 5.75 Å². The van der Waals surface area contributed by atoms with Crippen molar-refractivity contribution >= 4 is 37.1 Å². The highest BCUT2D eigenvalue weighted by molar-refractivity contribution is 9.10. The van der Waals surface area contributed by atoms with E-state index in [-0.39, 0.29) is 5.75 Å². The minimum atomic E-state index is -2.85. The average molecular weight is 298 g/mol. The highest BCUT2D eigenvalue weighted by atomic mass is 79.9. The molecule has 80 valence electrons. The van der Waals surface area contributed by atoms with Crippen molar-refractivity contribution in [2.24, 2.45) is 0 Å². The second-order valence-corrected chi connectivity index (χ2v) is 7.11. The summed E-state index contributed by atoms with van der Waals surface area (Å²) in [7, 11) is -2.85. The van der Waals surface area contributed by atoms with Gasteiger partial charge in [-0.05, 0) is 27.4 Å². The summed E-state index contributed by atoms with van der Waals surface area (Å²) >= 11 is 5.06. The number of hydrogen-bond donors (Lipinski definition) is 1. The second-order valence-electron chi connectivity index (χ2n) is 3.00. The van der Waals surface area contributed by atoms with Crippen molar-refractivity contribution in [3.8, 4) is 0 Å². The first-order valence-electron chi connectivity index (χ1n) is 4.09. The molecule has 1 aromatic heterocycles. The van der Waals surface area contributed by atoms with Crippen LogP contribution in [0, 0.1) is 0 Å². The van der Waals surface area contributed by atoms with Gasteiger partial charge in [-0.2, -0.15) is 0 Å². The number of sulfone groups is 1. The third kappa shape index (κ3) is 4.54. The van der Waals surface area contributed by atoms with Gasteiger partial charge in [0, 0.05) is 28.7 Å². The van der Waals surface area contributed by atoms with Gasteiger partial charge < -0.3 is 5.32 Å². The van der Waals surface area contributed by atoms with Gasteiger partial charge >= 0.3 is 0 Å². The largest absolute Gasteiger partial charge is 0.311 e. The predicted molar refractivity (Wildman–Crippen MR) is 63.4 cm³/mol. The minimum Gasteiger partial charge on any atom is -0.311 e. The van der Waals surface area contributed by atoms with E-state index in [0.29, 0.717) is 13.1 Å². The highest BCUT2D eigenvalue weighted by Gasteiger charge is 2.03. The van der Waals surface area contributed by atoms with Crippen molar-refractivity contribution in [3.05, 3.63) is 20.8 Å². The summed E-state index contributed by atoms with van der Waals surface area (Å²) < 4.78 is 22.7. The Labute approximate surface area is 96.6 Å². The Bertz CT molecular complexity index is 386. The monoisotopic (exact) mass is 297 g/mol. The van der Waals surface area contributed by atoms with Crippen molar-refractivity contribution < 1.29 is 8.42 Å². The first-order chi connectivity index (χ1) is 6.49. The van der Waals surface area contributed by atoms with Gasteiger partial charge in [0.25, 0.3) is 0 Å². The van der Waals surface area contributed by atoms with E-state index in [0.717, 1.165) is 4.47 Å². The molecule has 0 saturated carbocycles. The Morgan fingerprint density at radius 1 is 1.57 bits per heavy atom. The molecule has 1 aromatic rings. The molecule has 0 amide bonds. The standard InChI is InChI=1S/C8H12BrNO2S2/c1-14(11,12)5-3-10-6-8-7(9)2-4-13-8/h2,4,10H,3,5-6H2,1H3. The molecule has 3 nitrogen and oxygen atoms in total. The number of thiophene rings is 1. The smallest absolute Gasteiger partial charge is 0.148 e. The molecular weight excluding hydrogens is 286 g/mol. The van der Waals surface area contributed by atoms with E-state index in [4.69, 9.17) is 0 Å². The number of rotatable bonds is 5. The van der Waals surface area contributed by atoms with Crippen LogP contribution in [0.15, 0.2) is 15.9 Å². The molecule has 1 rings (SSSR count). The van der Waals surface area contributed by atoms with Crippen molar-refractivity contribution in [2.75, 3.05) is 18.6 Å². The lowest BCUT2D eigenvalue weighted by atomic mass is 10.4. The lowest BCUT2D eigenvalue weighted by Crippen LogP contribution is -2.21. The summed E-state index contributed by atoms with van der Waals surface area (Å²) in [6.07, 6.45) is 1.25. The lowest BCUT2D eigenvalue weighted by molar-refractivity contribution is 0.596. The fraction of sp³-hybridized carbons (Fsp3) is 0.500. The van der Waals surface area contributed by atoms with E-state index in [1.165, 1.54) is 11.1 Å². The predicted octanol–water partition coefficient (Wildman–Crippen LogP) is 1.64. The first-order valence-corrected chi connectivity index (χ1v) is 7.82. The molecule has 0 radical (unpaired) electrons. The average Bonchev–Trinajstić information content (AvgIpc) is 2.44. The molecule has 0 saturated heterocycles. The Hall–Kier alpha value is 0.0900. The van der Waals surface area contributed by atoms with Crippen molar-refractivity contribution in [3.63, 3.8) is 0 Å². The molecule has 0 bridgehead atoms. The van der Waals surface area contributed by atoms with E-state index in [9.17, 15) is 8.42 Å². The number of hydrogen-bond acceptors (Lipinski definition) is 4. The van der Waals surface area contributed by atoms with Crippen molar-refractivity contribution in [2.45, 2.75) is 6.54 Å². The third-order valence-corrected chi connectivity index (χ3v) is 4.50. The molecule has 0 aromatic carbocycles. The molecule has 0 atom stereocenters. The fourth-order valence-electron chi connectivity index (χ4n) is 0.911. The second kappa shape index (κ2) is 5.25. The summed E-state index contributed by atoms with van der Waals surface area (Å²) in [6, 6.07) is 1.98. The molecular formula is C8H12BrNO2S2. The maximum atomic E-state index is 10.8. The van der Waals surface area contributed by atoms with Crippen molar-refractivity contribution in [1.29, 1.82) is 0 Å². The Balaban J connectivity index is 2.26. The maximum Gasteiger partial charge on any atom is 0.148 e. The van der Waals surface area contributed by atoms with Gasteiger partial charge in [-0.25, -0.2) is 8.42 Å². The van der Waals surface area contributed by atoms with Gasteiger partial charge in [-0.3, -0.25) is 0 Å². The van der Waals surface area contributed by atoms with Gasteiger partial charge in [0.15, 0.2) is 0 Å². The normalized spacial score (nSPS) is 11.9. The van der Waals surface area contributed by atoms with Gasteiger partial charge in [0.1, 0.15) is 9.84 Å². The first kappa shape index (κ1) is 12.2. The topological polar surface area (TPSA) is 46.2 Å². The molecule has 0 unspecified atom stereocenters. The van der Waals surface area contributed by atoms with E-state index in [2.05, 4.69) is 21.2 Å². The molecule has 1 heterocycles. The van der Waals surface area contributed by atoms with E-state index >= 15 is 0 Å². The lowest BCUT2D eigenvalue weighted by Gasteiger charge is -2.02. The number of nitrogens with one attached hydrogen (secondary N) is 1. The van der Waals surface area contributed by atoms with Crippen LogP contribution < -0.4 is 5.32 Å². The molecule has 0 spiro atoms. The van der Waals surface area contributed by atoms with Crippen LogP contribution >= 0.6 is 27.3 Å². The van der Waals surface area contributed by atoms with Crippen LogP contribution in [0.1, 0.15) is 4.88 Å². The number of halogens is 1. The molecule has 0 fully saturated rings. The van der Waals surface area contributed by atoms with E-state index < -0.39 is 9.84 Å². The summed E-state index contributed by atoms with van der Waals surface area (Å²) in [5, 5.41) is 5.08. The Morgan fingerprint density at radius 2 is 2.29 bits per heavy atom. The molecule has 0 aliphatic rings. The molecule has 1 N–H and O–H groups in total. The Morgan fingerprint density at radius 3 is 2.79 bits per heavy atom. The van der Waals surface area contributed by atoms with E-state index in [1.54, 1.807) is 11.3 Å². The summed E-state index contributed by atoms with van der Waals surface area (Å²) in [4.78, 5) is 1.19. The zero-order valence-electron chi connectivity index (χ0n) is 7.79. The molecule has 0 aliphatic carbocycles. The van der Waals surface area contributed by atoms with Crippen molar-refractivity contribution in [1.82, 2.24) is 5.32 Å². The highest BCUT2D eigenvalue weighted by Crippen LogP contribution is 2.21. The van der Waals surface area contributed by atoms with E-state index in [1.807, 2.05) is 11.4 Å². The van der Waals surface area contributed by atoms with Crippen LogP contribution in [0.5, 0.6) is 0 Å². The SMILES string of the molecule is CS(=O)(=O)CCNCc1sccc1Br. The third-order valence-electron chi connectivity index (χ3n) is 1.63. The van der Waals surface area contributed by atoms with Gasteiger partial charge in [0.2, 0.25) is 0 Å². The molecule has 0 aliphatic heterocycles. The summed E-state index contributed by atoms with van der Waals surface area (Å²) in [6.45, 7) is 1.22. The summed E-state index contributed by atoms with van der Waals surface area (Å²) in [5.41, 5.74) is 0. The van der Waals surface area contributed by atoms with Crippen LogP contribution in [-0.2, 0) is 16.4 Å². The molecule has 6 heteroatoms. The zero-order valence-corrected chi connectivity index (χ0v) is 11.0. The van der Waals surface area contributed by atoms with Gasteiger partial charge in [-0.15, -0.1) is 11.3 Å². The zero-order chi connectivity index (χ0) is 10.6. The Kier molecular flexibility index (Phi) is 4.56. The van der Waals surface area contributed by atoms with Gasteiger partial charge in [-0.1, -0.05) is 0 Å². The minimum absolute atomic E-state index is 0.190. The van der Waals surface area contributed by atoms with Crippen LogP contribution in [0.3, 0.4) is 0 Å². The van der Waals surface area contributed by atoms with Crippen LogP contribution in [0.25, 0.3) is 0 Å². The van der Waals surface area contributed by atoms with Crippen LogP contribution in [0.4, 0.5) is 0 Å². The fourth-order valence-corrected chi connectivity index (χ4v) is 2.89. The maximum absolute atomic E-state index is 10.8.